The van der Waals surface area contributed by atoms with Gasteiger partial charge in [0, 0.05) is 0 Å². The van der Waals surface area contributed by atoms with E-state index in [0.717, 1.165) is 6.07 Å². The van der Waals surface area contributed by atoms with Gasteiger partial charge in [-0.05, 0) is 50.0 Å². The Kier molecular flexibility index (Phi) is 3.80. The average molecular weight is 279 g/mol. The zero-order valence-electron chi connectivity index (χ0n) is 10.2. The van der Waals surface area contributed by atoms with Crippen molar-refractivity contribution >= 4 is 0 Å². The molecule has 1 atom stereocenters. The summed E-state index contributed by atoms with van der Waals surface area (Å²) in [5.74, 6) is -1.37. The lowest BCUT2D eigenvalue weighted by molar-refractivity contribution is -0.140. The van der Waals surface area contributed by atoms with Gasteiger partial charge in [-0.3, -0.25) is 0 Å². The van der Waals surface area contributed by atoms with Crippen LogP contribution in [0.4, 0.5) is 22.0 Å². The second-order valence-electron chi connectivity index (χ2n) is 4.76. The van der Waals surface area contributed by atoms with Crippen molar-refractivity contribution < 1.29 is 22.0 Å². The van der Waals surface area contributed by atoms with Crippen LogP contribution in [0.15, 0.2) is 18.2 Å². The van der Waals surface area contributed by atoms with E-state index in [2.05, 4.69) is 5.32 Å². The van der Waals surface area contributed by atoms with Crippen molar-refractivity contribution in [1.82, 2.24) is 5.32 Å². The van der Waals surface area contributed by atoms with Gasteiger partial charge in [-0.15, -0.1) is 0 Å². The van der Waals surface area contributed by atoms with Gasteiger partial charge in [-0.25, -0.2) is 8.78 Å². The summed E-state index contributed by atoms with van der Waals surface area (Å²) >= 11 is 0. The van der Waals surface area contributed by atoms with Crippen molar-refractivity contribution in [1.29, 1.82) is 0 Å². The van der Waals surface area contributed by atoms with E-state index in [1.165, 1.54) is 0 Å². The Morgan fingerprint density at radius 2 is 1.84 bits per heavy atom. The topological polar surface area (TPSA) is 12.0 Å². The third kappa shape index (κ3) is 3.05. The number of benzene rings is 1. The number of halogens is 5. The number of rotatable bonds is 1. The standard InChI is InChI=1S/C13H14F5N/c14-11-3-2-9(8-10(11)13(16,17)18)12(15)4-1-6-19-7-5-12/h2-3,8,19H,1,4-7H2. The Bertz CT molecular complexity index is 447. The number of hydrogen-bond acceptors (Lipinski definition) is 1. The highest BCUT2D eigenvalue weighted by molar-refractivity contribution is 5.31. The fraction of sp³-hybridized carbons (Fsp3) is 0.538. The lowest BCUT2D eigenvalue weighted by Crippen LogP contribution is -2.23. The summed E-state index contributed by atoms with van der Waals surface area (Å²) in [6.45, 7) is 1.04. The third-order valence-corrected chi connectivity index (χ3v) is 3.41. The maximum atomic E-state index is 14.7. The van der Waals surface area contributed by atoms with Gasteiger partial charge in [-0.1, -0.05) is 6.07 Å². The van der Waals surface area contributed by atoms with Crippen molar-refractivity contribution in [2.24, 2.45) is 0 Å². The molecule has 0 saturated carbocycles. The molecule has 1 unspecified atom stereocenters. The van der Waals surface area contributed by atoms with Gasteiger partial charge >= 0.3 is 6.18 Å². The van der Waals surface area contributed by atoms with Crippen LogP contribution < -0.4 is 5.32 Å². The zero-order valence-corrected chi connectivity index (χ0v) is 10.2. The molecule has 1 nitrogen and oxygen atoms in total. The largest absolute Gasteiger partial charge is 0.419 e. The Hall–Kier alpha value is -1.17. The summed E-state index contributed by atoms with van der Waals surface area (Å²) < 4.78 is 65.8. The molecule has 2 rings (SSSR count). The molecular weight excluding hydrogens is 265 g/mol. The maximum Gasteiger partial charge on any atom is 0.419 e. The Labute approximate surface area is 107 Å². The molecule has 19 heavy (non-hydrogen) atoms. The van der Waals surface area contributed by atoms with E-state index in [1.54, 1.807) is 0 Å². The highest BCUT2D eigenvalue weighted by Gasteiger charge is 2.38. The SMILES string of the molecule is Fc1ccc(C2(F)CCCNCC2)cc1C(F)(F)F. The molecular formula is C13H14F5N. The summed E-state index contributed by atoms with van der Waals surface area (Å²) in [7, 11) is 0. The second-order valence-corrected chi connectivity index (χ2v) is 4.76. The zero-order chi connectivity index (χ0) is 14.1. The molecule has 0 aliphatic carbocycles. The molecule has 0 aromatic heterocycles. The van der Waals surface area contributed by atoms with Crippen LogP contribution in [0.2, 0.25) is 0 Å². The first-order chi connectivity index (χ1) is 8.83. The van der Waals surface area contributed by atoms with Crippen molar-refractivity contribution in [3.63, 3.8) is 0 Å². The summed E-state index contributed by atoms with van der Waals surface area (Å²) in [6.07, 6.45) is -4.03. The van der Waals surface area contributed by atoms with Crippen molar-refractivity contribution in [3.8, 4) is 0 Å². The average Bonchev–Trinajstić information content (AvgIpc) is 2.54. The Morgan fingerprint density at radius 3 is 2.53 bits per heavy atom. The van der Waals surface area contributed by atoms with Crippen LogP contribution in [0.25, 0.3) is 0 Å². The molecule has 1 fully saturated rings. The molecule has 1 N–H and O–H groups in total. The second kappa shape index (κ2) is 5.07. The minimum absolute atomic E-state index is 0.0927. The molecule has 1 saturated heterocycles. The van der Waals surface area contributed by atoms with Crippen LogP contribution in [0.1, 0.15) is 30.4 Å². The molecule has 0 radical (unpaired) electrons. The minimum Gasteiger partial charge on any atom is -0.317 e. The summed E-state index contributed by atoms with van der Waals surface area (Å²) in [4.78, 5) is 0. The summed E-state index contributed by atoms with van der Waals surface area (Å²) in [5.41, 5.74) is -3.32. The molecule has 106 valence electrons. The van der Waals surface area contributed by atoms with E-state index in [9.17, 15) is 22.0 Å². The van der Waals surface area contributed by atoms with Gasteiger partial charge in [0.05, 0.1) is 5.56 Å². The first-order valence-electron chi connectivity index (χ1n) is 6.10. The summed E-state index contributed by atoms with van der Waals surface area (Å²) in [6, 6.07) is 2.40. The predicted octanol–water partition coefficient (Wildman–Crippen LogP) is 3.78. The molecule has 0 spiro atoms. The van der Waals surface area contributed by atoms with Crippen LogP contribution >= 0.6 is 0 Å². The Morgan fingerprint density at radius 1 is 1.11 bits per heavy atom. The lowest BCUT2D eigenvalue weighted by atomic mass is 9.87. The molecule has 1 aliphatic heterocycles. The van der Waals surface area contributed by atoms with Crippen molar-refractivity contribution in [2.75, 3.05) is 13.1 Å². The van der Waals surface area contributed by atoms with Crippen molar-refractivity contribution in [2.45, 2.75) is 31.1 Å². The predicted molar refractivity (Wildman–Crippen MR) is 60.9 cm³/mol. The minimum atomic E-state index is -4.81. The van der Waals surface area contributed by atoms with Gasteiger partial charge in [0.15, 0.2) is 0 Å². The van der Waals surface area contributed by atoms with E-state index >= 15 is 0 Å². The smallest absolute Gasteiger partial charge is 0.317 e. The molecule has 1 heterocycles. The molecule has 1 aliphatic rings. The first kappa shape index (κ1) is 14.2. The van der Waals surface area contributed by atoms with Gasteiger partial charge in [0.2, 0.25) is 0 Å². The van der Waals surface area contributed by atoms with Gasteiger partial charge in [0.1, 0.15) is 11.5 Å². The van der Waals surface area contributed by atoms with Crippen LogP contribution in [0, 0.1) is 5.82 Å². The van der Waals surface area contributed by atoms with E-state index in [1.807, 2.05) is 0 Å². The number of hydrogen-bond donors (Lipinski definition) is 1. The van der Waals surface area contributed by atoms with Crippen LogP contribution in [0.3, 0.4) is 0 Å². The van der Waals surface area contributed by atoms with E-state index < -0.39 is 23.2 Å². The van der Waals surface area contributed by atoms with E-state index in [0.29, 0.717) is 31.6 Å². The van der Waals surface area contributed by atoms with Crippen LogP contribution in [0.5, 0.6) is 0 Å². The monoisotopic (exact) mass is 279 g/mol. The molecule has 1 aromatic rings. The van der Waals surface area contributed by atoms with Gasteiger partial charge in [-0.2, -0.15) is 13.2 Å². The van der Waals surface area contributed by atoms with Crippen molar-refractivity contribution in [3.05, 3.63) is 35.1 Å². The maximum absolute atomic E-state index is 14.7. The highest BCUT2D eigenvalue weighted by Crippen LogP contribution is 2.39. The summed E-state index contributed by atoms with van der Waals surface area (Å²) in [5, 5.41) is 2.99. The van der Waals surface area contributed by atoms with Gasteiger partial charge < -0.3 is 5.32 Å². The fourth-order valence-electron chi connectivity index (χ4n) is 2.34. The highest BCUT2D eigenvalue weighted by atomic mass is 19.4. The Balaban J connectivity index is 2.39. The quantitative estimate of drug-likeness (QED) is 0.771. The lowest BCUT2D eigenvalue weighted by Gasteiger charge is -2.24. The van der Waals surface area contributed by atoms with E-state index in [-0.39, 0.29) is 18.4 Å². The first-order valence-corrected chi connectivity index (χ1v) is 6.10. The van der Waals surface area contributed by atoms with Gasteiger partial charge in [0.25, 0.3) is 0 Å². The number of alkyl halides is 4. The third-order valence-electron chi connectivity index (χ3n) is 3.41. The van der Waals surface area contributed by atoms with Crippen LogP contribution in [-0.2, 0) is 11.8 Å². The normalized spacial score (nSPS) is 25.1. The van der Waals surface area contributed by atoms with Crippen LogP contribution in [-0.4, -0.2) is 13.1 Å². The van der Waals surface area contributed by atoms with E-state index in [4.69, 9.17) is 0 Å². The molecule has 0 amide bonds. The molecule has 0 bridgehead atoms. The fourth-order valence-corrected chi connectivity index (χ4v) is 2.34. The molecule has 1 aromatic carbocycles. The number of nitrogens with one attached hydrogen (secondary N) is 1. The molecule has 6 heteroatoms.